The SMILES string of the molecule is NC1CCCCC1CNCc1cccc2c1CN(C1CCC(=O)NC1=O)C2=O. The summed E-state index contributed by atoms with van der Waals surface area (Å²) in [5, 5.41) is 5.87. The average Bonchev–Trinajstić information content (AvgIpc) is 3.01. The van der Waals surface area contributed by atoms with E-state index in [4.69, 9.17) is 5.73 Å². The summed E-state index contributed by atoms with van der Waals surface area (Å²) in [7, 11) is 0. The van der Waals surface area contributed by atoms with Crippen LogP contribution in [-0.2, 0) is 22.7 Å². The van der Waals surface area contributed by atoms with E-state index in [0.29, 0.717) is 31.0 Å². The number of nitrogens with one attached hydrogen (secondary N) is 2. The summed E-state index contributed by atoms with van der Waals surface area (Å²) in [6.07, 6.45) is 5.40. The fourth-order valence-electron chi connectivity index (χ4n) is 4.70. The van der Waals surface area contributed by atoms with E-state index in [-0.39, 0.29) is 30.2 Å². The smallest absolute Gasteiger partial charge is 0.255 e. The molecule has 28 heavy (non-hydrogen) atoms. The van der Waals surface area contributed by atoms with Crippen LogP contribution in [0.1, 0.15) is 60.0 Å². The Hall–Kier alpha value is -2.25. The minimum atomic E-state index is -0.571. The van der Waals surface area contributed by atoms with Crippen LogP contribution in [0.5, 0.6) is 0 Å². The van der Waals surface area contributed by atoms with Crippen molar-refractivity contribution in [3.05, 3.63) is 34.9 Å². The van der Waals surface area contributed by atoms with Gasteiger partial charge in [-0.3, -0.25) is 19.7 Å². The van der Waals surface area contributed by atoms with Crippen LogP contribution >= 0.6 is 0 Å². The Morgan fingerprint density at radius 1 is 1.14 bits per heavy atom. The predicted molar refractivity (Wildman–Crippen MR) is 104 cm³/mol. The first kappa shape index (κ1) is 19.1. The molecule has 3 atom stereocenters. The van der Waals surface area contributed by atoms with E-state index >= 15 is 0 Å². The number of carbonyl (C=O) groups excluding carboxylic acids is 3. The van der Waals surface area contributed by atoms with Crippen molar-refractivity contribution in [1.29, 1.82) is 0 Å². The zero-order valence-corrected chi connectivity index (χ0v) is 16.1. The summed E-state index contributed by atoms with van der Waals surface area (Å²) in [6, 6.07) is 5.46. The highest BCUT2D eigenvalue weighted by Gasteiger charge is 2.39. The highest BCUT2D eigenvalue weighted by atomic mass is 16.2. The number of hydrogen-bond donors (Lipinski definition) is 3. The number of rotatable bonds is 5. The number of carbonyl (C=O) groups is 3. The number of benzene rings is 1. The van der Waals surface area contributed by atoms with Gasteiger partial charge in [0.1, 0.15) is 6.04 Å². The Bertz CT molecular complexity index is 794. The molecule has 0 bridgehead atoms. The number of amides is 3. The normalized spacial score (nSPS) is 27.7. The Balaban J connectivity index is 1.42. The highest BCUT2D eigenvalue weighted by molar-refractivity contribution is 6.05. The minimum Gasteiger partial charge on any atom is -0.327 e. The maximum Gasteiger partial charge on any atom is 0.255 e. The van der Waals surface area contributed by atoms with E-state index in [1.807, 2.05) is 18.2 Å². The van der Waals surface area contributed by atoms with Crippen molar-refractivity contribution in [1.82, 2.24) is 15.5 Å². The van der Waals surface area contributed by atoms with Crippen molar-refractivity contribution in [3.8, 4) is 0 Å². The first-order chi connectivity index (χ1) is 13.5. The van der Waals surface area contributed by atoms with Gasteiger partial charge in [0.2, 0.25) is 11.8 Å². The van der Waals surface area contributed by atoms with Gasteiger partial charge in [-0.25, -0.2) is 0 Å². The van der Waals surface area contributed by atoms with Crippen LogP contribution in [0.3, 0.4) is 0 Å². The molecule has 3 amide bonds. The standard InChI is InChI=1S/C21H28N4O3/c22-17-7-2-1-4-14(17)11-23-10-13-5-3-6-15-16(13)12-25(21(15)28)18-8-9-19(26)24-20(18)27/h3,5-6,14,17-18,23H,1-2,4,7-12,22H2,(H,24,26,27). The maximum absolute atomic E-state index is 12.9. The number of imide groups is 1. The fraction of sp³-hybridized carbons (Fsp3) is 0.571. The summed E-state index contributed by atoms with van der Waals surface area (Å²) in [5.74, 6) is -0.257. The van der Waals surface area contributed by atoms with Crippen LogP contribution in [0.15, 0.2) is 18.2 Å². The first-order valence-electron chi connectivity index (χ1n) is 10.3. The average molecular weight is 384 g/mol. The highest BCUT2D eigenvalue weighted by Crippen LogP contribution is 2.30. The monoisotopic (exact) mass is 384 g/mol. The van der Waals surface area contributed by atoms with Gasteiger partial charge in [-0.15, -0.1) is 0 Å². The van der Waals surface area contributed by atoms with Gasteiger partial charge >= 0.3 is 0 Å². The molecule has 3 unspecified atom stereocenters. The molecule has 0 radical (unpaired) electrons. The van der Waals surface area contributed by atoms with Crippen LogP contribution in [0, 0.1) is 5.92 Å². The van der Waals surface area contributed by atoms with Gasteiger partial charge in [0.25, 0.3) is 5.91 Å². The Kier molecular flexibility index (Phi) is 5.46. The third kappa shape index (κ3) is 3.69. The Morgan fingerprint density at radius 2 is 1.96 bits per heavy atom. The van der Waals surface area contributed by atoms with Crippen molar-refractivity contribution in [2.24, 2.45) is 11.7 Å². The Labute approximate surface area is 165 Å². The lowest BCUT2D eigenvalue weighted by Crippen LogP contribution is -2.52. The molecule has 1 aromatic rings. The molecule has 2 aliphatic heterocycles. The van der Waals surface area contributed by atoms with Gasteiger partial charge in [0.15, 0.2) is 0 Å². The molecular weight excluding hydrogens is 356 g/mol. The zero-order valence-electron chi connectivity index (χ0n) is 16.1. The number of nitrogens with two attached hydrogens (primary N) is 1. The molecule has 3 aliphatic rings. The third-order valence-electron chi connectivity index (χ3n) is 6.37. The minimum absolute atomic E-state index is 0.124. The lowest BCUT2D eigenvalue weighted by Gasteiger charge is -2.29. The van der Waals surface area contributed by atoms with Gasteiger partial charge in [0.05, 0.1) is 0 Å². The number of fused-ring (bicyclic) bond motifs is 1. The Morgan fingerprint density at radius 3 is 2.75 bits per heavy atom. The number of nitrogens with zero attached hydrogens (tertiary/aromatic N) is 1. The molecule has 2 heterocycles. The van der Waals surface area contributed by atoms with Crippen molar-refractivity contribution in [2.45, 2.75) is 63.7 Å². The van der Waals surface area contributed by atoms with Crippen molar-refractivity contribution >= 4 is 17.7 Å². The summed E-state index contributed by atoms with van der Waals surface area (Å²) in [5.41, 5.74) is 8.97. The molecule has 0 aromatic heterocycles. The van der Waals surface area contributed by atoms with Crippen LogP contribution in [0.4, 0.5) is 0 Å². The first-order valence-corrected chi connectivity index (χ1v) is 10.3. The van der Waals surface area contributed by atoms with E-state index < -0.39 is 6.04 Å². The molecule has 4 rings (SSSR count). The molecule has 1 saturated carbocycles. The fourth-order valence-corrected chi connectivity index (χ4v) is 4.70. The molecule has 1 aliphatic carbocycles. The van der Waals surface area contributed by atoms with Crippen LogP contribution < -0.4 is 16.4 Å². The molecule has 1 aromatic carbocycles. The molecule has 7 nitrogen and oxygen atoms in total. The summed E-state index contributed by atoms with van der Waals surface area (Å²) in [4.78, 5) is 38.1. The van der Waals surface area contributed by atoms with E-state index in [1.54, 1.807) is 4.90 Å². The van der Waals surface area contributed by atoms with E-state index in [0.717, 1.165) is 24.1 Å². The molecule has 1 saturated heterocycles. The molecule has 150 valence electrons. The van der Waals surface area contributed by atoms with Crippen molar-refractivity contribution in [3.63, 3.8) is 0 Å². The molecule has 4 N–H and O–H groups in total. The number of hydrogen-bond acceptors (Lipinski definition) is 5. The van der Waals surface area contributed by atoms with E-state index in [2.05, 4.69) is 10.6 Å². The van der Waals surface area contributed by atoms with Gasteiger partial charge in [-0.1, -0.05) is 25.0 Å². The quantitative estimate of drug-likeness (QED) is 0.659. The summed E-state index contributed by atoms with van der Waals surface area (Å²) >= 11 is 0. The second-order valence-electron chi connectivity index (χ2n) is 8.18. The lowest BCUT2D eigenvalue weighted by molar-refractivity contribution is -0.136. The van der Waals surface area contributed by atoms with E-state index in [9.17, 15) is 14.4 Å². The van der Waals surface area contributed by atoms with Gasteiger partial charge in [-0.2, -0.15) is 0 Å². The van der Waals surface area contributed by atoms with Crippen LogP contribution in [0.2, 0.25) is 0 Å². The van der Waals surface area contributed by atoms with Gasteiger partial charge < -0.3 is 16.0 Å². The zero-order chi connectivity index (χ0) is 19.7. The van der Waals surface area contributed by atoms with Crippen molar-refractivity contribution < 1.29 is 14.4 Å². The lowest BCUT2D eigenvalue weighted by atomic mass is 9.85. The predicted octanol–water partition coefficient (Wildman–Crippen LogP) is 1.05. The van der Waals surface area contributed by atoms with Gasteiger partial charge in [0, 0.05) is 31.1 Å². The largest absolute Gasteiger partial charge is 0.327 e. The summed E-state index contributed by atoms with van der Waals surface area (Å²) in [6.45, 7) is 1.99. The van der Waals surface area contributed by atoms with Crippen LogP contribution in [-0.4, -0.2) is 41.2 Å². The third-order valence-corrected chi connectivity index (χ3v) is 6.37. The second-order valence-corrected chi connectivity index (χ2v) is 8.18. The topological polar surface area (TPSA) is 105 Å². The van der Waals surface area contributed by atoms with E-state index in [1.165, 1.54) is 19.3 Å². The molecule has 7 heteroatoms. The second kappa shape index (κ2) is 8.01. The van der Waals surface area contributed by atoms with Crippen LogP contribution in [0.25, 0.3) is 0 Å². The molecule has 2 fully saturated rings. The maximum atomic E-state index is 12.9. The molecule has 0 spiro atoms. The van der Waals surface area contributed by atoms with Gasteiger partial charge in [-0.05, 0) is 48.9 Å². The summed E-state index contributed by atoms with van der Waals surface area (Å²) < 4.78 is 0. The number of piperidine rings is 1. The molecular formula is C21H28N4O3. The van der Waals surface area contributed by atoms with Crippen molar-refractivity contribution in [2.75, 3.05) is 6.54 Å².